The van der Waals surface area contributed by atoms with Crippen LogP contribution in [0.5, 0.6) is 0 Å². The first kappa shape index (κ1) is 23.6. The Bertz CT molecular complexity index is 3420. The number of hydrogen-bond acceptors (Lipinski definition) is 2. The summed E-state index contributed by atoms with van der Waals surface area (Å²) in [5.74, 6) is 0. The van der Waals surface area contributed by atoms with Crippen LogP contribution in [0.4, 0.5) is 17.1 Å². The predicted molar refractivity (Wildman–Crippen MR) is 221 cm³/mol. The zero-order valence-electron chi connectivity index (χ0n) is 35.4. The minimum atomic E-state index is -1.40. The lowest BCUT2D eigenvalue weighted by Gasteiger charge is -2.35. The van der Waals surface area contributed by atoms with Crippen molar-refractivity contribution in [1.82, 2.24) is 0 Å². The van der Waals surface area contributed by atoms with E-state index in [0.29, 0.717) is 11.1 Å². The van der Waals surface area contributed by atoms with E-state index in [1.165, 1.54) is 0 Å². The molecule has 0 bridgehead atoms. The van der Waals surface area contributed by atoms with E-state index in [-0.39, 0.29) is 28.4 Å². The van der Waals surface area contributed by atoms with Crippen LogP contribution >= 0.6 is 0 Å². The number of benzene rings is 9. The summed E-state index contributed by atoms with van der Waals surface area (Å²) in [4.78, 5) is 2.24. The summed E-state index contributed by atoms with van der Waals surface area (Å²) in [6, 6.07) is 50.0. The van der Waals surface area contributed by atoms with Gasteiger partial charge in [-0.1, -0.05) is 158 Å². The molecule has 0 N–H and O–H groups in total. The van der Waals surface area contributed by atoms with E-state index in [2.05, 4.69) is 65.6 Å². The fraction of sp³-hybridized carbons (Fsp3) is 0.0196. The fourth-order valence-electron chi connectivity index (χ4n) is 8.60. The zero-order chi connectivity index (χ0) is 41.0. The zero-order valence-corrected chi connectivity index (χ0v) is 28.4. The Balaban J connectivity index is 1.29. The molecular weight excluding hydrogens is 643 g/mol. The number of para-hydroxylation sites is 2. The first-order chi connectivity index (χ1) is 29.2. The molecule has 0 saturated heterocycles. The molecule has 0 spiro atoms. The summed E-state index contributed by atoms with van der Waals surface area (Å²) >= 11 is 0. The third-order valence-electron chi connectivity index (χ3n) is 10.8. The molecule has 1 aromatic heterocycles. The molecule has 2 nitrogen and oxygen atoms in total. The van der Waals surface area contributed by atoms with Crippen LogP contribution in [-0.4, -0.2) is 0 Å². The number of fused-ring (bicyclic) bond motifs is 8. The van der Waals surface area contributed by atoms with Crippen molar-refractivity contribution in [2.45, 2.75) is 5.41 Å². The molecule has 10 aromatic rings. The van der Waals surface area contributed by atoms with E-state index in [9.17, 15) is 4.11 Å². The molecule has 2 heteroatoms. The van der Waals surface area contributed by atoms with E-state index in [4.69, 9.17) is 9.90 Å². The van der Waals surface area contributed by atoms with Crippen molar-refractivity contribution >= 4 is 60.5 Å². The van der Waals surface area contributed by atoms with Gasteiger partial charge in [0.25, 0.3) is 0 Å². The normalized spacial score (nSPS) is 16.7. The lowest BCUT2D eigenvalue weighted by atomic mass is 9.66. The SMILES string of the molecule is [2H]c1c([2H])c([2H])c2c(C3(c4ccc5c(c4)oc4ccccc45)c4ccccc4-c4cc(N(c5ccccc5)c5cccc6ccccc56)ccc43)c([2H])c([2H])c([2H])c2c1[2H]. The summed E-state index contributed by atoms with van der Waals surface area (Å²) in [5.41, 5.74) is 6.98. The molecule has 1 aliphatic rings. The highest BCUT2D eigenvalue weighted by molar-refractivity contribution is 6.06. The van der Waals surface area contributed by atoms with Gasteiger partial charge in [0.1, 0.15) is 11.2 Å². The molecule has 1 atom stereocenters. The van der Waals surface area contributed by atoms with Gasteiger partial charge >= 0.3 is 0 Å². The van der Waals surface area contributed by atoms with Crippen molar-refractivity contribution in [1.29, 1.82) is 0 Å². The average molecular weight is 683 g/mol. The first-order valence-electron chi connectivity index (χ1n) is 21.2. The Labute approximate surface area is 317 Å². The van der Waals surface area contributed by atoms with E-state index in [1.807, 2.05) is 97.1 Å². The third kappa shape index (κ3) is 4.33. The van der Waals surface area contributed by atoms with Crippen LogP contribution in [-0.2, 0) is 5.41 Å². The quantitative estimate of drug-likeness (QED) is 0.180. The predicted octanol–water partition coefficient (Wildman–Crippen LogP) is 13.7. The first-order valence-corrected chi connectivity index (χ1v) is 17.7. The van der Waals surface area contributed by atoms with Crippen molar-refractivity contribution in [2.24, 2.45) is 0 Å². The van der Waals surface area contributed by atoms with Crippen LogP contribution in [0.3, 0.4) is 0 Å². The van der Waals surface area contributed by atoms with Crippen molar-refractivity contribution in [2.75, 3.05) is 4.90 Å². The minimum absolute atomic E-state index is 0.0464. The molecule has 1 unspecified atom stereocenters. The summed E-state index contributed by atoms with van der Waals surface area (Å²) in [7, 11) is 0. The molecule has 248 valence electrons. The van der Waals surface area contributed by atoms with Gasteiger partial charge in [0.05, 0.1) is 20.7 Å². The number of anilines is 3. The number of hydrogen-bond donors (Lipinski definition) is 0. The summed E-state index contributed by atoms with van der Waals surface area (Å²) in [6.07, 6.45) is 0. The Hall–Kier alpha value is -6.90. The van der Waals surface area contributed by atoms with E-state index >= 15 is 0 Å². The lowest BCUT2D eigenvalue weighted by Crippen LogP contribution is -2.29. The Morgan fingerprint density at radius 2 is 1.17 bits per heavy atom. The van der Waals surface area contributed by atoms with Crippen molar-refractivity contribution in [3.8, 4) is 11.1 Å². The van der Waals surface area contributed by atoms with Crippen LogP contribution in [0.2, 0.25) is 0 Å². The van der Waals surface area contributed by atoms with Crippen LogP contribution in [0.25, 0.3) is 54.6 Å². The average Bonchev–Trinajstić information content (AvgIpc) is 3.80. The molecule has 0 amide bonds. The maximum Gasteiger partial charge on any atom is 0.135 e. The van der Waals surface area contributed by atoms with Crippen molar-refractivity contribution in [3.05, 3.63) is 222 Å². The second-order valence-corrected chi connectivity index (χ2v) is 13.5. The molecule has 11 rings (SSSR count). The molecule has 53 heavy (non-hydrogen) atoms. The largest absolute Gasteiger partial charge is 0.456 e. The van der Waals surface area contributed by atoms with Crippen LogP contribution in [0, 0.1) is 0 Å². The van der Waals surface area contributed by atoms with Gasteiger partial charge in [-0.2, -0.15) is 0 Å². The fourth-order valence-corrected chi connectivity index (χ4v) is 8.60. The van der Waals surface area contributed by atoms with Crippen molar-refractivity contribution in [3.63, 3.8) is 0 Å². The molecule has 0 saturated carbocycles. The van der Waals surface area contributed by atoms with Crippen LogP contribution in [0.1, 0.15) is 31.8 Å². The highest BCUT2D eigenvalue weighted by atomic mass is 16.3. The van der Waals surface area contributed by atoms with Gasteiger partial charge in [0.2, 0.25) is 0 Å². The summed E-state index contributed by atoms with van der Waals surface area (Å²) in [5, 5.41) is 4.00. The number of nitrogens with zero attached hydrogens (tertiary/aromatic N) is 1. The molecular formula is C51H33NO. The lowest BCUT2D eigenvalue weighted by molar-refractivity contribution is 0.666. The second kappa shape index (κ2) is 11.6. The van der Waals surface area contributed by atoms with Gasteiger partial charge < -0.3 is 9.32 Å². The van der Waals surface area contributed by atoms with Gasteiger partial charge in [-0.25, -0.2) is 0 Å². The van der Waals surface area contributed by atoms with Crippen LogP contribution in [0.15, 0.2) is 204 Å². The van der Waals surface area contributed by atoms with Gasteiger partial charge in [0.15, 0.2) is 0 Å². The van der Waals surface area contributed by atoms with Crippen LogP contribution < -0.4 is 4.90 Å². The Kier molecular flexibility index (Phi) is 5.14. The maximum atomic E-state index is 9.80. The highest BCUT2D eigenvalue weighted by Crippen LogP contribution is 2.58. The maximum absolute atomic E-state index is 9.80. The van der Waals surface area contributed by atoms with Crippen molar-refractivity contribution < 1.29 is 14.0 Å². The monoisotopic (exact) mass is 682 g/mol. The van der Waals surface area contributed by atoms with Gasteiger partial charge in [-0.3, -0.25) is 0 Å². The Morgan fingerprint density at radius 1 is 0.434 bits per heavy atom. The molecule has 9 aromatic carbocycles. The second-order valence-electron chi connectivity index (χ2n) is 13.5. The third-order valence-corrected chi connectivity index (χ3v) is 10.8. The van der Waals surface area contributed by atoms with E-state index in [0.717, 1.165) is 66.4 Å². The molecule has 1 heterocycles. The smallest absolute Gasteiger partial charge is 0.135 e. The highest BCUT2D eigenvalue weighted by Gasteiger charge is 2.47. The standard InChI is InChI=1S/C51H33NO/c1-2-18-37(19-3-1)52(48-26-13-17-35-15-5-7-21-40(35)48)38-29-31-47-44(33-38)41-22-8-10-24-46(41)51(47,45-25-12-16-34-14-4-6-20-39(34)45)36-28-30-43-42-23-9-11-27-49(42)53-50(43)32-36/h1-33H/i4D,6D,12D,14D,16D,20D,25D. The molecule has 1 aliphatic carbocycles. The van der Waals surface area contributed by atoms with Gasteiger partial charge in [-0.15, -0.1) is 0 Å². The topological polar surface area (TPSA) is 16.4 Å². The van der Waals surface area contributed by atoms with E-state index in [1.54, 1.807) is 0 Å². The van der Waals surface area contributed by atoms with Gasteiger partial charge in [0, 0.05) is 27.5 Å². The van der Waals surface area contributed by atoms with Gasteiger partial charge in [-0.05, 0) is 92.0 Å². The number of furan rings is 1. The van der Waals surface area contributed by atoms with E-state index < -0.39 is 35.6 Å². The minimum Gasteiger partial charge on any atom is -0.456 e. The summed E-state index contributed by atoms with van der Waals surface area (Å²) < 4.78 is 70.5. The Morgan fingerprint density at radius 3 is 2.11 bits per heavy atom. The molecule has 0 aliphatic heterocycles. The summed E-state index contributed by atoms with van der Waals surface area (Å²) in [6.45, 7) is 0. The number of rotatable bonds is 5. The molecule has 0 radical (unpaired) electrons. The molecule has 0 fully saturated rings.